The number of carbonyl (C=O) groups excluding carboxylic acids is 1. The Kier molecular flexibility index (Phi) is 8.95. The number of terminal acetylenes is 1. The van der Waals surface area contributed by atoms with E-state index in [9.17, 15) is 4.79 Å². The van der Waals surface area contributed by atoms with Crippen molar-refractivity contribution < 1.29 is 9.63 Å². The summed E-state index contributed by atoms with van der Waals surface area (Å²) in [5.41, 5.74) is 1.82. The lowest BCUT2D eigenvalue weighted by Crippen LogP contribution is -2.24. The van der Waals surface area contributed by atoms with E-state index < -0.39 is 0 Å². The number of nitrogens with zero attached hydrogens (tertiary/aromatic N) is 2. The van der Waals surface area contributed by atoms with E-state index in [2.05, 4.69) is 22.3 Å². The molecule has 0 N–H and O–H groups in total. The highest BCUT2D eigenvalue weighted by molar-refractivity contribution is 8.02. The van der Waals surface area contributed by atoms with E-state index in [1.165, 1.54) is 18.2 Å². The van der Waals surface area contributed by atoms with Crippen LogP contribution in [0.25, 0.3) is 0 Å². The molecule has 0 saturated carbocycles. The Morgan fingerprint density at radius 2 is 2.29 bits per heavy atom. The first-order valence-electron chi connectivity index (χ1n) is 7.06. The molecule has 24 heavy (non-hydrogen) atoms. The summed E-state index contributed by atoms with van der Waals surface area (Å²) in [4.78, 5) is 20.6. The van der Waals surface area contributed by atoms with Crippen molar-refractivity contribution in [3.8, 4) is 12.3 Å². The maximum absolute atomic E-state index is 10.7. The number of fused-ring (bicyclic) bond motifs is 1. The van der Waals surface area contributed by atoms with Crippen molar-refractivity contribution in [1.82, 2.24) is 5.06 Å². The van der Waals surface area contributed by atoms with Gasteiger partial charge in [0.05, 0.1) is 13.7 Å². The summed E-state index contributed by atoms with van der Waals surface area (Å²) in [7, 11) is 3.01. The number of thioether (sulfide) groups is 1. The maximum Gasteiger partial charge on any atom is 0.249 e. The zero-order valence-electron chi connectivity index (χ0n) is 13.7. The summed E-state index contributed by atoms with van der Waals surface area (Å²) < 4.78 is 0. The van der Waals surface area contributed by atoms with Crippen molar-refractivity contribution >= 4 is 34.4 Å². The molecule has 0 bridgehead atoms. The predicted octanol–water partition coefficient (Wildman–Crippen LogP) is 3.88. The highest BCUT2D eigenvalue weighted by Gasteiger charge is 2.09. The summed E-state index contributed by atoms with van der Waals surface area (Å²) >= 11 is 7.68. The molecule has 4 nitrogen and oxygen atoms in total. The van der Waals surface area contributed by atoms with Crippen LogP contribution in [0, 0.1) is 12.3 Å². The highest BCUT2D eigenvalue weighted by Crippen LogP contribution is 2.28. The van der Waals surface area contributed by atoms with Crippen LogP contribution in [0.3, 0.4) is 0 Å². The number of carbonyl (C=O) groups is 1. The molecule has 0 aliphatic carbocycles. The number of benzene rings is 1. The van der Waals surface area contributed by atoms with Crippen LogP contribution in [-0.4, -0.2) is 36.8 Å². The molecule has 1 aromatic rings. The molecule has 1 aromatic carbocycles. The first kappa shape index (κ1) is 20.0. The third kappa shape index (κ3) is 6.25. The van der Waals surface area contributed by atoms with Gasteiger partial charge in [-0.3, -0.25) is 14.6 Å². The van der Waals surface area contributed by atoms with Crippen molar-refractivity contribution in [2.75, 3.05) is 20.7 Å². The van der Waals surface area contributed by atoms with Crippen molar-refractivity contribution in [3.63, 3.8) is 0 Å². The zero-order chi connectivity index (χ0) is 17.9. The van der Waals surface area contributed by atoms with Gasteiger partial charge in [-0.15, -0.1) is 13.0 Å². The second-order valence-electron chi connectivity index (χ2n) is 4.58. The van der Waals surface area contributed by atoms with Crippen LogP contribution in [0.1, 0.15) is 12.0 Å². The average molecular weight is 363 g/mol. The van der Waals surface area contributed by atoms with Crippen molar-refractivity contribution in [1.29, 1.82) is 0 Å². The molecule has 2 rings (SSSR count). The summed E-state index contributed by atoms with van der Waals surface area (Å²) in [6, 6.07) is 7.89. The third-order valence-electron chi connectivity index (χ3n) is 2.96. The highest BCUT2D eigenvalue weighted by atomic mass is 35.5. The fourth-order valence-corrected chi connectivity index (χ4v) is 2.73. The van der Waals surface area contributed by atoms with Gasteiger partial charge in [-0.25, -0.2) is 5.06 Å². The maximum atomic E-state index is 10.7. The van der Waals surface area contributed by atoms with Gasteiger partial charge in [-0.2, -0.15) is 0 Å². The molecule has 0 spiro atoms. The molecule has 6 heteroatoms. The zero-order valence-corrected chi connectivity index (χ0v) is 15.2. The van der Waals surface area contributed by atoms with E-state index in [1.54, 1.807) is 18.8 Å². The molecular formula is C18H19ClN2O2S. The Morgan fingerprint density at radius 1 is 1.58 bits per heavy atom. The minimum absolute atomic E-state index is 0.0903. The van der Waals surface area contributed by atoms with Crippen molar-refractivity contribution in [3.05, 3.63) is 53.5 Å². The smallest absolute Gasteiger partial charge is 0.249 e. The fraction of sp³-hybridized carbons (Fsp3) is 0.222. The quantitative estimate of drug-likeness (QED) is 0.465. The second-order valence-corrected chi connectivity index (χ2v) is 5.84. The first-order valence-corrected chi connectivity index (χ1v) is 8.32. The number of rotatable bonds is 3. The lowest BCUT2D eigenvalue weighted by molar-refractivity contribution is -0.167. The molecule has 0 aromatic heterocycles. The molecule has 0 atom stereocenters. The van der Waals surface area contributed by atoms with E-state index in [4.69, 9.17) is 18.0 Å². The Balaban J connectivity index is 0.000000277. The minimum atomic E-state index is -0.0903. The summed E-state index contributed by atoms with van der Waals surface area (Å²) in [5.74, 6) is 2.51. The molecule has 1 heterocycles. The standard InChI is InChI=1S/C12H8ClNS.C6H11NO2/c1-2-9-7-14-12(13)10-5-3-4-6-11(10)15-8-9;1-4-5-6(8)7(2)9-3/h1,3-6,8H,7H2;4H,1,5H2,2-3H3/b9-8-,14-12?;. The van der Waals surface area contributed by atoms with Gasteiger partial charge in [-0.05, 0) is 11.5 Å². The Labute approximate surface area is 152 Å². The SMILES string of the molecule is C#C/C1=C/Sc2ccccc2C(Cl)=NC1.C=CCC(=O)N(C)OC. The molecule has 0 saturated heterocycles. The van der Waals surface area contributed by atoms with E-state index in [0.717, 1.165) is 16.0 Å². The normalized spacial score (nSPS) is 14.9. The van der Waals surface area contributed by atoms with Gasteiger partial charge >= 0.3 is 0 Å². The molecule has 126 valence electrons. The van der Waals surface area contributed by atoms with Crippen LogP contribution in [-0.2, 0) is 9.63 Å². The van der Waals surface area contributed by atoms with Crippen LogP contribution >= 0.6 is 23.4 Å². The fourth-order valence-electron chi connectivity index (χ4n) is 1.58. The second kappa shape index (κ2) is 10.7. The first-order chi connectivity index (χ1) is 11.5. The molecule has 1 aliphatic heterocycles. The molecule has 1 aliphatic rings. The van der Waals surface area contributed by atoms with E-state index >= 15 is 0 Å². The number of hydrogen-bond acceptors (Lipinski definition) is 4. The molecule has 0 fully saturated rings. The van der Waals surface area contributed by atoms with Gasteiger partial charge in [0.15, 0.2) is 0 Å². The number of amides is 1. The van der Waals surface area contributed by atoms with E-state index in [0.29, 0.717) is 18.1 Å². The third-order valence-corrected chi connectivity index (χ3v) is 4.29. The number of hydrogen-bond donors (Lipinski definition) is 0. The number of hydroxylamine groups is 2. The van der Waals surface area contributed by atoms with Crippen molar-refractivity contribution in [2.24, 2.45) is 4.99 Å². The van der Waals surface area contributed by atoms with Crippen LogP contribution in [0.5, 0.6) is 0 Å². The summed E-state index contributed by atoms with van der Waals surface area (Å²) in [6.45, 7) is 3.90. The van der Waals surface area contributed by atoms with Gasteiger partial charge < -0.3 is 0 Å². The molecule has 0 radical (unpaired) electrons. The lowest BCUT2D eigenvalue weighted by atomic mass is 10.2. The van der Waals surface area contributed by atoms with Gasteiger partial charge in [0.1, 0.15) is 5.17 Å². The van der Waals surface area contributed by atoms with Gasteiger partial charge in [-0.1, -0.05) is 53.6 Å². The van der Waals surface area contributed by atoms with Crippen molar-refractivity contribution in [2.45, 2.75) is 11.3 Å². The van der Waals surface area contributed by atoms with Gasteiger partial charge in [0.25, 0.3) is 0 Å². The van der Waals surface area contributed by atoms with Crippen LogP contribution in [0.2, 0.25) is 0 Å². The van der Waals surface area contributed by atoms with Gasteiger partial charge in [0.2, 0.25) is 5.91 Å². The predicted molar refractivity (Wildman–Crippen MR) is 101 cm³/mol. The average Bonchev–Trinajstić information content (AvgIpc) is 2.60. The Morgan fingerprint density at radius 3 is 2.92 bits per heavy atom. The lowest BCUT2D eigenvalue weighted by Gasteiger charge is -2.11. The van der Waals surface area contributed by atoms with E-state index in [1.807, 2.05) is 29.7 Å². The van der Waals surface area contributed by atoms with Crippen LogP contribution in [0.15, 0.2) is 57.8 Å². The topological polar surface area (TPSA) is 41.9 Å². The van der Waals surface area contributed by atoms with Crippen LogP contribution in [0.4, 0.5) is 0 Å². The molecule has 0 unspecified atom stereocenters. The van der Waals surface area contributed by atoms with Gasteiger partial charge in [0, 0.05) is 29.5 Å². The summed E-state index contributed by atoms with van der Waals surface area (Å²) in [5, 5.41) is 3.65. The largest absolute Gasteiger partial charge is 0.275 e. The minimum Gasteiger partial charge on any atom is -0.275 e. The van der Waals surface area contributed by atoms with E-state index in [-0.39, 0.29) is 5.91 Å². The summed E-state index contributed by atoms with van der Waals surface area (Å²) in [6.07, 6.45) is 7.21. The molecule has 1 amide bonds. The number of halogens is 1. The number of aliphatic imine (C=N–C) groups is 1. The monoisotopic (exact) mass is 362 g/mol. The van der Waals surface area contributed by atoms with Crippen LogP contribution < -0.4 is 0 Å². The Hall–Kier alpha value is -2.00. The Bertz CT molecular complexity index is 693. The molecular weight excluding hydrogens is 344 g/mol.